The second-order valence-corrected chi connectivity index (χ2v) is 7.74. The van der Waals surface area contributed by atoms with Gasteiger partial charge in [0.25, 0.3) is 0 Å². The predicted molar refractivity (Wildman–Crippen MR) is 93.3 cm³/mol. The molecule has 1 aromatic rings. The van der Waals surface area contributed by atoms with Crippen LogP contribution >= 0.6 is 0 Å². The fourth-order valence-electron chi connectivity index (χ4n) is 3.71. The molecule has 2 atom stereocenters. The number of benzene rings is 1. The Bertz CT molecular complexity index is 661. The summed E-state index contributed by atoms with van der Waals surface area (Å²) in [7, 11) is 5.66. The molecular weight excluding hydrogens is 304 g/mol. The third kappa shape index (κ3) is 3.52. The normalized spacial score (nSPS) is 29.3. The van der Waals surface area contributed by atoms with Crippen molar-refractivity contribution in [3.8, 4) is 5.75 Å². The molecule has 0 saturated carbocycles. The minimum atomic E-state index is -1.08. The molecule has 0 spiro atoms. The van der Waals surface area contributed by atoms with Crippen molar-refractivity contribution in [2.75, 3.05) is 6.61 Å². The van der Waals surface area contributed by atoms with Gasteiger partial charge in [-0.05, 0) is 54.9 Å². The number of hydrogen-bond acceptors (Lipinski definition) is 3. The summed E-state index contributed by atoms with van der Waals surface area (Å²) < 4.78 is 25.4. The highest BCUT2D eigenvalue weighted by Gasteiger charge is 2.38. The molecule has 24 heavy (non-hydrogen) atoms. The molecule has 2 unspecified atom stereocenters. The van der Waals surface area contributed by atoms with Crippen LogP contribution in [0.4, 0.5) is 4.39 Å². The number of nitrogens with two attached hydrogens (primary N) is 1. The molecule has 0 aromatic heterocycles. The smallest absolute Gasteiger partial charge is 0.165 e. The molecule has 1 saturated heterocycles. The van der Waals surface area contributed by atoms with Gasteiger partial charge >= 0.3 is 0 Å². The Morgan fingerprint density at radius 3 is 2.75 bits per heavy atom. The molecule has 3 nitrogen and oxygen atoms in total. The van der Waals surface area contributed by atoms with Gasteiger partial charge < -0.3 is 15.2 Å². The zero-order valence-corrected chi connectivity index (χ0v) is 14.7. The van der Waals surface area contributed by atoms with Crippen LogP contribution in [0.25, 0.3) is 0 Å². The number of halogens is 1. The highest BCUT2D eigenvalue weighted by atomic mass is 19.1. The minimum absolute atomic E-state index is 0.103. The van der Waals surface area contributed by atoms with Gasteiger partial charge in [-0.1, -0.05) is 25.5 Å². The van der Waals surface area contributed by atoms with Gasteiger partial charge in [-0.3, -0.25) is 0 Å². The van der Waals surface area contributed by atoms with Gasteiger partial charge in [0, 0.05) is 6.42 Å². The van der Waals surface area contributed by atoms with Gasteiger partial charge in [0.15, 0.2) is 11.6 Å². The van der Waals surface area contributed by atoms with Crippen LogP contribution in [0.5, 0.6) is 5.75 Å². The fourth-order valence-corrected chi connectivity index (χ4v) is 3.71. The Balaban J connectivity index is 1.73. The second kappa shape index (κ2) is 6.19. The molecule has 0 bridgehead atoms. The first-order valence-corrected chi connectivity index (χ1v) is 8.55. The lowest BCUT2D eigenvalue weighted by molar-refractivity contribution is -0.154. The van der Waals surface area contributed by atoms with E-state index >= 15 is 0 Å². The third-order valence-electron chi connectivity index (χ3n) is 5.25. The lowest BCUT2D eigenvalue weighted by Crippen LogP contribution is -2.54. The van der Waals surface area contributed by atoms with Gasteiger partial charge in [-0.25, -0.2) is 4.39 Å². The minimum Gasteiger partial charge on any atom is -0.486 e. The molecule has 1 fully saturated rings. The van der Waals surface area contributed by atoms with E-state index < -0.39 is 5.62 Å². The summed E-state index contributed by atoms with van der Waals surface area (Å²) in [5.41, 5.74) is 8.17. The van der Waals surface area contributed by atoms with Gasteiger partial charge in [0.2, 0.25) is 0 Å². The van der Waals surface area contributed by atoms with Crippen molar-refractivity contribution in [3.05, 3.63) is 40.7 Å². The number of rotatable bonds is 4. The molecule has 2 aliphatic rings. The zero-order valence-electron chi connectivity index (χ0n) is 14.7. The van der Waals surface area contributed by atoms with E-state index in [0.29, 0.717) is 13.0 Å². The van der Waals surface area contributed by atoms with Crippen LogP contribution in [0.3, 0.4) is 0 Å². The van der Waals surface area contributed by atoms with Gasteiger partial charge in [-0.15, -0.1) is 0 Å². The molecule has 1 heterocycles. The second-order valence-electron chi connectivity index (χ2n) is 7.74. The van der Waals surface area contributed by atoms with Crippen molar-refractivity contribution in [1.82, 2.24) is 0 Å². The SMILES string of the molecule is [B]C1(N)CC(c2ccc(F)c(OCC3=C(C)CCCC3(C)C)c2)O1. The molecule has 128 valence electrons. The topological polar surface area (TPSA) is 44.5 Å². The molecule has 5 heteroatoms. The van der Waals surface area contributed by atoms with E-state index in [1.54, 1.807) is 12.1 Å². The molecular formula is C19H25BFNO2. The summed E-state index contributed by atoms with van der Waals surface area (Å²) in [6.07, 6.45) is 3.74. The Morgan fingerprint density at radius 2 is 2.12 bits per heavy atom. The molecule has 2 N–H and O–H groups in total. The number of allylic oxidation sites excluding steroid dienone is 1. The first-order chi connectivity index (χ1) is 11.2. The summed E-state index contributed by atoms with van der Waals surface area (Å²) in [6, 6.07) is 4.80. The largest absolute Gasteiger partial charge is 0.486 e. The summed E-state index contributed by atoms with van der Waals surface area (Å²) in [4.78, 5) is 0. The Labute approximate surface area is 144 Å². The summed E-state index contributed by atoms with van der Waals surface area (Å²) in [5, 5.41) is 0. The van der Waals surface area contributed by atoms with E-state index in [9.17, 15) is 4.39 Å². The average Bonchev–Trinajstić information content (AvgIpc) is 2.45. The van der Waals surface area contributed by atoms with E-state index in [4.69, 9.17) is 23.1 Å². The maximum absolute atomic E-state index is 14.1. The Morgan fingerprint density at radius 1 is 1.42 bits per heavy atom. The highest BCUT2D eigenvalue weighted by molar-refractivity contribution is 6.14. The third-order valence-corrected chi connectivity index (χ3v) is 5.25. The van der Waals surface area contributed by atoms with Crippen LogP contribution in [0, 0.1) is 11.2 Å². The van der Waals surface area contributed by atoms with E-state index in [1.165, 1.54) is 23.6 Å². The summed E-state index contributed by atoms with van der Waals surface area (Å²) in [5.74, 6) is -0.110. The van der Waals surface area contributed by atoms with Crippen molar-refractivity contribution in [3.63, 3.8) is 0 Å². The first-order valence-electron chi connectivity index (χ1n) is 8.55. The molecule has 2 radical (unpaired) electrons. The van der Waals surface area contributed by atoms with Crippen molar-refractivity contribution in [2.45, 2.75) is 58.2 Å². The van der Waals surface area contributed by atoms with Gasteiger partial charge in [0.05, 0.1) is 11.7 Å². The van der Waals surface area contributed by atoms with Crippen molar-refractivity contribution >= 4 is 7.85 Å². The molecule has 0 amide bonds. The summed E-state index contributed by atoms with van der Waals surface area (Å²) in [6.45, 7) is 7.02. The maximum Gasteiger partial charge on any atom is 0.165 e. The van der Waals surface area contributed by atoms with Crippen LogP contribution in [0.1, 0.15) is 58.1 Å². The highest BCUT2D eigenvalue weighted by Crippen LogP contribution is 2.41. The van der Waals surface area contributed by atoms with Crippen LogP contribution in [0.2, 0.25) is 0 Å². The van der Waals surface area contributed by atoms with Crippen LogP contribution < -0.4 is 10.5 Å². The van der Waals surface area contributed by atoms with Crippen LogP contribution in [-0.4, -0.2) is 20.1 Å². The molecule has 1 aromatic carbocycles. The average molecular weight is 329 g/mol. The van der Waals surface area contributed by atoms with Crippen LogP contribution in [0.15, 0.2) is 29.3 Å². The van der Waals surface area contributed by atoms with E-state index in [1.807, 2.05) is 0 Å². The van der Waals surface area contributed by atoms with Crippen molar-refractivity contribution < 1.29 is 13.9 Å². The zero-order chi connectivity index (χ0) is 17.5. The number of ether oxygens (including phenoxy) is 2. The quantitative estimate of drug-likeness (QED) is 0.671. The van der Waals surface area contributed by atoms with Crippen LogP contribution in [-0.2, 0) is 4.74 Å². The molecule has 1 aliphatic heterocycles. The predicted octanol–water partition coefficient (Wildman–Crippen LogP) is 3.97. The number of hydrogen-bond donors (Lipinski definition) is 1. The maximum atomic E-state index is 14.1. The Hall–Kier alpha value is -1.33. The van der Waals surface area contributed by atoms with E-state index in [0.717, 1.165) is 18.4 Å². The van der Waals surface area contributed by atoms with E-state index in [-0.39, 0.29) is 23.1 Å². The summed E-state index contributed by atoms with van der Waals surface area (Å²) >= 11 is 0. The molecule has 3 rings (SSSR count). The first kappa shape index (κ1) is 17.5. The van der Waals surface area contributed by atoms with Gasteiger partial charge in [-0.2, -0.15) is 0 Å². The lowest BCUT2D eigenvalue weighted by atomic mass is 9.73. The fraction of sp³-hybridized carbons (Fsp3) is 0.579. The van der Waals surface area contributed by atoms with Crippen molar-refractivity contribution in [2.24, 2.45) is 11.1 Å². The molecule has 1 aliphatic carbocycles. The standard InChI is InChI=1S/C19H25BFNO2/c1-12-5-4-8-18(2,3)14(12)11-23-16-9-13(6-7-15(16)21)17-10-19(20,22)24-17/h6-7,9,17H,4-5,8,10-11,22H2,1-3H3. The lowest BCUT2D eigenvalue weighted by Gasteiger charge is -2.43. The monoisotopic (exact) mass is 329 g/mol. The van der Waals surface area contributed by atoms with E-state index in [2.05, 4.69) is 20.8 Å². The Kier molecular flexibility index (Phi) is 4.52. The van der Waals surface area contributed by atoms with Crippen molar-refractivity contribution in [1.29, 1.82) is 0 Å². The van der Waals surface area contributed by atoms with Gasteiger partial charge in [0.1, 0.15) is 14.5 Å².